The van der Waals surface area contributed by atoms with Gasteiger partial charge in [-0.2, -0.15) is 0 Å². The topological polar surface area (TPSA) is 105 Å². The lowest BCUT2D eigenvalue weighted by Crippen LogP contribution is -2.30. The van der Waals surface area contributed by atoms with E-state index in [9.17, 15) is 9.59 Å². The summed E-state index contributed by atoms with van der Waals surface area (Å²) in [6, 6.07) is 11.2. The van der Waals surface area contributed by atoms with E-state index in [0.717, 1.165) is 22.2 Å². The van der Waals surface area contributed by atoms with Crippen molar-refractivity contribution in [1.29, 1.82) is 0 Å². The van der Waals surface area contributed by atoms with E-state index < -0.39 is 5.97 Å². The molecule has 29 heavy (non-hydrogen) atoms. The van der Waals surface area contributed by atoms with Crippen LogP contribution in [-0.2, 0) is 10.2 Å². The van der Waals surface area contributed by atoms with Crippen molar-refractivity contribution in [3.63, 3.8) is 0 Å². The number of fused-ring (bicyclic) bond motifs is 4. The van der Waals surface area contributed by atoms with Crippen LogP contribution in [0.3, 0.4) is 0 Å². The third kappa shape index (κ3) is 3.24. The number of hydrogen-bond acceptors (Lipinski definition) is 4. The molecule has 0 atom stereocenters. The second kappa shape index (κ2) is 6.95. The number of rotatable bonds is 6. The second-order valence-electron chi connectivity index (χ2n) is 8.04. The molecule has 0 unspecified atom stereocenters. The Morgan fingerprint density at radius 2 is 1.97 bits per heavy atom. The normalized spacial score (nSPS) is 14.5. The molecule has 0 fully saturated rings. The molecular formula is C23H24N2O4. The van der Waals surface area contributed by atoms with Gasteiger partial charge in [0.15, 0.2) is 5.78 Å². The van der Waals surface area contributed by atoms with Gasteiger partial charge in [-0.15, -0.1) is 0 Å². The number of aromatic nitrogens is 1. The summed E-state index contributed by atoms with van der Waals surface area (Å²) >= 11 is 0. The van der Waals surface area contributed by atoms with Gasteiger partial charge in [-0.1, -0.05) is 26.0 Å². The van der Waals surface area contributed by atoms with Crippen LogP contribution in [0.5, 0.6) is 5.75 Å². The van der Waals surface area contributed by atoms with Crippen LogP contribution in [0.2, 0.25) is 0 Å². The smallest absolute Gasteiger partial charge is 0.303 e. The van der Waals surface area contributed by atoms with Gasteiger partial charge in [0, 0.05) is 39.7 Å². The summed E-state index contributed by atoms with van der Waals surface area (Å²) in [5.41, 5.74) is 10.2. The summed E-state index contributed by atoms with van der Waals surface area (Å²) in [6.45, 7) is 4.62. The highest BCUT2D eigenvalue weighted by atomic mass is 16.5. The maximum Gasteiger partial charge on any atom is 0.303 e. The van der Waals surface area contributed by atoms with Crippen molar-refractivity contribution in [1.82, 2.24) is 4.98 Å². The molecular weight excluding hydrogens is 368 g/mol. The zero-order valence-electron chi connectivity index (χ0n) is 16.5. The predicted molar refractivity (Wildman–Crippen MR) is 112 cm³/mol. The molecule has 0 amide bonds. The molecule has 6 nitrogen and oxygen atoms in total. The maximum atomic E-state index is 13.4. The molecule has 3 aromatic rings. The first kappa shape index (κ1) is 19.1. The Balaban J connectivity index is 1.66. The molecule has 0 bridgehead atoms. The van der Waals surface area contributed by atoms with E-state index in [0.29, 0.717) is 42.0 Å². The molecule has 1 aliphatic rings. The maximum absolute atomic E-state index is 13.4. The Labute approximate surface area is 168 Å². The average molecular weight is 392 g/mol. The fraction of sp³-hybridized carbons (Fsp3) is 0.304. The Kier molecular flexibility index (Phi) is 4.57. The van der Waals surface area contributed by atoms with Crippen molar-refractivity contribution in [2.45, 2.75) is 38.5 Å². The standard InChI is InChI=1S/C23H24N2O4/c1-23(2)17-9-7-14(29-10-4-3-5-19(26)27)12-16(17)21(28)20-15-8-6-13(24)11-18(15)25-22(20)23/h6-9,11-12,25H,3-5,10,24H2,1-2H3,(H,26,27). The van der Waals surface area contributed by atoms with Crippen molar-refractivity contribution in [3.8, 4) is 5.75 Å². The van der Waals surface area contributed by atoms with Crippen molar-refractivity contribution in [3.05, 3.63) is 58.8 Å². The van der Waals surface area contributed by atoms with Crippen LogP contribution in [0.25, 0.3) is 10.9 Å². The first-order valence-corrected chi connectivity index (χ1v) is 9.74. The molecule has 1 aliphatic carbocycles. The molecule has 0 radical (unpaired) electrons. The summed E-state index contributed by atoms with van der Waals surface area (Å²) in [5.74, 6) is -0.208. The molecule has 6 heteroatoms. The number of aromatic amines is 1. The zero-order valence-corrected chi connectivity index (χ0v) is 16.5. The number of unbranched alkanes of at least 4 members (excludes halogenated alkanes) is 1. The van der Waals surface area contributed by atoms with Crippen molar-refractivity contribution >= 4 is 28.3 Å². The number of nitrogens with two attached hydrogens (primary N) is 1. The molecule has 0 saturated carbocycles. The largest absolute Gasteiger partial charge is 0.494 e. The lowest BCUT2D eigenvalue weighted by molar-refractivity contribution is -0.137. The molecule has 2 aromatic carbocycles. The van der Waals surface area contributed by atoms with E-state index in [1.165, 1.54) is 0 Å². The van der Waals surface area contributed by atoms with E-state index >= 15 is 0 Å². The minimum atomic E-state index is -0.803. The second-order valence-corrected chi connectivity index (χ2v) is 8.04. The lowest BCUT2D eigenvalue weighted by atomic mass is 9.71. The fourth-order valence-electron chi connectivity index (χ4n) is 4.10. The van der Waals surface area contributed by atoms with Gasteiger partial charge >= 0.3 is 5.97 Å². The SMILES string of the molecule is CC1(C)c2ccc(OCCCCC(=O)O)cc2C(=O)c2c1[nH]c1cc(N)ccc21. The average Bonchev–Trinajstić information content (AvgIpc) is 3.05. The molecule has 150 valence electrons. The highest BCUT2D eigenvalue weighted by Gasteiger charge is 2.39. The van der Waals surface area contributed by atoms with E-state index in [4.69, 9.17) is 15.6 Å². The van der Waals surface area contributed by atoms with E-state index in [1.54, 1.807) is 6.07 Å². The summed E-state index contributed by atoms with van der Waals surface area (Å²) in [4.78, 5) is 27.4. The summed E-state index contributed by atoms with van der Waals surface area (Å²) < 4.78 is 5.77. The zero-order chi connectivity index (χ0) is 20.8. The van der Waals surface area contributed by atoms with E-state index in [-0.39, 0.29) is 17.6 Å². The lowest BCUT2D eigenvalue weighted by Gasteiger charge is -2.32. The van der Waals surface area contributed by atoms with Crippen LogP contribution >= 0.6 is 0 Å². The number of carboxylic acids is 1. The fourth-order valence-corrected chi connectivity index (χ4v) is 4.10. The first-order valence-electron chi connectivity index (χ1n) is 9.74. The number of hydrogen-bond donors (Lipinski definition) is 3. The van der Waals surface area contributed by atoms with Crippen molar-refractivity contribution in [2.24, 2.45) is 0 Å². The van der Waals surface area contributed by atoms with Crippen LogP contribution in [0.15, 0.2) is 36.4 Å². The molecule has 4 N–H and O–H groups in total. The van der Waals surface area contributed by atoms with Gasteiger partial charge < -0.3 is 20.6 Å². The number of ether oxygens (including phenoxy) is 1. The summed E-state index contributed by atoms with van der Waals surface area (Å²) in [6.07, 6.45) is 1.35. The molecule has 0 aliphatic heterocycles. The van der Waals surface area contributed by atoms with Gasteiger partial charge in [0.25, 0.3) is 0 Å². The van der Waals surface area contributed by atoms with Crippen LogP contribution in [0.4, 0.5) is 5.69 Å². The van der Waals surface area contributed by atoms with Crippen LogP contribution in [0.1, 0.15) is 60.3 Å². The van der Waals surface area contributed by atoms with Gasteiger partial charge in [-0.05, 0) is 42.7 Å². The Hall–Kier alpha value is -3.28. The minimum absolute atomic E-state index is 0.0262. The van der Waals surface area contributed by atoms with Crippen LogP contribution in [-0.4, -0.2) is 28.4 Å². The van der Waals surface area contributed by atoms with Gasteiger partial charge in [0.2, 0.25) is 0 Å². The van der Waals surface area contributed by atoms with Crippen molar-refractivity contribution < 1.29 is 19.4 Å². The number of nitrogen functional groups attached to an aromatic ring is 1. The van der Waals surface area contributed by atoms with E-state index in [1.807, 2.05) is 30.3 Å². The molecule has 1 aromatic heterocycles. The van der Waals surface area contributed by atoms with Gasteiger partial charge in [-0.25, -0.2) is 0 Å². The van der Waals surface area contributed by atoms with Crippen LogP contribution in [0, 0.1) is 0 Å². The third-order valence-corrected chi connectivity index (χ3v) is 5.64. The highest BCUT2D eigenvalue weighted by Crippen LogP contribution is 2.44. The Morgan fingerprint density at radius 3 is 2.72 bits per heavy atom. The Bertz CT molecular complexity index is 1130. The minimum Gasteiger partial charge on any atom is -0.494 e. The summed E-state index contributed by atoms with van der Waals surface area (Å²) in [7, 11) is 0. The molecule has 1 heterocycles. The van der Waals surface area contributed by atoms with Crippen LogP contribution < -0.4 is 10.5 Å². The predicted octanol–water partition coefficient (Wildman–Crippen LogP) is 4.25. The van der Waals surface area contributed by atoms with Gasteiger partial charge in [0.05, 0.1) is 12.2 Å². The molecule has 0 saturated heterocycles. The quantitative estimate of drug-likeness (QED) is 0.429. The van der Waals surface area contributed by atoms with E-state index in [2.05, 4.69) is 18.8 Å². The number of ketones is 1. The molecule has 4 rings (SSSR count). The number of benzene rings is 2. The number of H-pyrrole nitrogens is 1. The van der Waals surface area contributed by atoms with Gasteiger partial charge in [-0.3, -0.25) is 9.59 Å². The van der Waals surface area contributed by atoms with Gasteiger partial charge in [0.1, 0.15) is 5.75 Å². The number of anilines is 1. The summed E-state index contributed by atoms with van der Waals surface area (Å²) in [5, 5.41) is 9.58. The number of carbonyl (C=O) groups is 2. The first-order chi connectivity index (χ1) is 13.8. The number of nitrogens with one attached hydrogen (secondary N) is 1. The van der Waals surface area contributed by atoms with Crippen molar-refractivity contribution in [2.75, 3.05) is 12.3 Å². The number of carboxylic acid groups (broad SMARTS) is 1. The molecule has 0 spiro atoms. The Morgan fingerprint density at radius 1 is 1.17 bits per heavy atom. The number of aliphatic carboxylic acids is 1. The monoisotopic (exact) mass is 392 g/mol. The number of carbonyl (C=O) groups excluding carboxylic acids is 1. The highest BCUT2D eigenvalue weighted by molar-refractivity contribution is 6.20. The third-order valence-electron chi connectivity index (χ3n) is 5.64.